The molecule has 0 amide bonds. The second kappa shape index (κ2) is 5.12. The lowest BCUT2D eigenvalue weighted by Crippen LogP contribution is -1.91. The van der Waals surface area contributed by atoms with Gasteiger partial charge < -0.3 is 4.74 Å². The van der Waals surface area contributed by atoms with Gasteiger partial charge in [-0.3, -0.25) is 0 Å². The molecule has 2 rings (SSSR count). The lowest BCUT2D eigenvalue weighted by molar-refractivity contribution is 0.477. The van der Waals surface area contributed by atoms with E-state index in [4.69, 9.17) is 21.6 Å². The number of halogens is 1. The molecule has 90 valence electrons. The first-order valence-corrected chi connectivity index (χ1v) is 5.92. The summed E-state index contributed by atoms with van der Waals surface area (Å²) < 4.78 is 5.79. The Balaban J connectivity index is 2.40. The molecule has 2 nitrogen and oxygen atoms in total. The third-order valence-corrected chi connectivity index (χ3v) is 2.86. The van der Waals surface area contributed by atoms with Crippen molar-refractivity contribution in [3.63, 3.8) is 0 Å². The molecule has 0 unspecified atom stereocenters. The SMILES string of the molecule is Cc1ccc(C)c(Oc2ccc(Cl)cc2C#N)c1. The van der Waals surface area contributed by atoms with Crippen molar-refractivity contribution >= 4 is 11.6 Å². The number of hydrogen-bond donors (Lipinski definition) is 0. The Labute approximate surface area is 111 Å². The summed E-state index contributed by atoms with van der Waals surface area (Å²) in [6, 6.07) is 13.1. The van der Waals surface area contributed by atoms with Crippen molar-refractivity contribution in [2.24, 2.45) is 0 Å². The zero-order valence-corrected chi connectivity index (χ0v) is 11.0. The van der Waals surface area contributed by atoms with Crippen LogP contribution in [-0.2, 0) is 0 Å². The van der Waals surface area contributed by atoms with Crippen molar-refractivity contribution in [1.29, 1.82) is 5.26 Å². The Morgan fingerprint density at radius 2 is 1.83 bits per heavy atom. The third kappa shape index (κ3) is 2.64. The molecule has 0 heterocycles. The van der Waals surface area contributed by atoms with Gasteiger partial charge in [-0.25, -0.2) is 0 Å². The van der Waals surface area contributed by atoms with Gasteiger partial charge in [0.1, 0.15) is 17.6 Å². The Morgan fingerprint density at radius 3 is 2.56 bits per heavy atom. The molecule has 0 fully saturated rings. The first kappa shape index (κ1) is 12.5. The summed E-state index contributed by atoms with van der Waals surface area (Å²) in [4.78, 5) is 0. The van der Waals surface area contributed by atoms with Crippen LogP contribution < -0.4 is 4.74 Å². The fourth-order valence-corrected chi connectivity index (χ4v) is 1.79. The van der Waals surface area contributed by atoms with Gasteiger partial charge in [-0.1, -0.05) is 23.7 Å². The summed E-state index contributed by atoms with van der Waals surface area (Å²) in [6.45, 7) is 3.97. The minimum Gasteiger partial charge on any atom is -0.456 e. The highest BCUT2D eigenvalue weighted by molar-refractivity contribution is 6.30. The van der Waals surface area contributed by atoms with Gasteiger partial charge in [-0.05, 0) is 49.2 Å². The Bertz CT molecular complexity index is 629. The normalized spacial score (nSPS) is 9.89. The van der Waals surface area contributed by atoms with Crippen molar-refractivity contribution in [3.8, 4) is 17.6 Å². The Morgan fingerprint density at radius 1 is 1.06 bits per heavy atom. The van der Waals surface area contributed by atoms with Crippen molar-refractivity contribution in [1.82, 2.24) is 0 Å². The second-order valence-electron chi connectivity index (χ2n) is 4.12. The average molecular weight is 258 g/mol. The van der Waals surface area contributed by atoms with Gasteiger partial charge in [0.05, 0.1) is 5.56 Å². The lowest BCUT2D eigenvalue weighted by Gasteiger charge is -2.10. The van der Waals surface area contributed by atoms with Crippen LogP contribution in [0.3, 0.4) is 0 Å². The molecule has 3 heteroatoms. The van der Waals surface area contributed by atoms with Gasteiger partial charge in [-0.2, -0.15) is 5.26 Å². The highest BCUT2D eigenvalue weighted by Gasteiger charge is 2.07. The van der Waals surface area contributed by atoms with Gasteiger partial charge in [0, 0.05) is 5.02 Å². The molecule has 0 radical (unpaired) electrons. The molecular weight excluding hydrogens is 246 g/mol. The predicted octanol–water partition coefficient (Wildman–Crippen LogP) is 4.62. The summed E-state index contributed by atoms with van der Waals surface area (Å²) in [5.41, 5.74) is 2.57. The third-order valence-electron chi connectivity index (χ3n) is 2.63. The molecule has 0 spiro atoms. The van der Waals surface area contributed by atoms with Gasteiger partial charge in [-0.15, -0.1) is 0 Å². The van der Waals surface area contributed by atoms with E-state index in [0.717, 1.165) is 16.9 Å². The van der Waals surface area contributed by atoms with Crippen molar-refractivity contribution in [2.75, 3.05) is 0 Å². The van der Waals surface area contributed by atoms with E-state index in [2.05, 4.69) is 6.07 Å². The minimum atomic E-state index is 0.434. The van der Waals surface area contributed by atoms with E-state index in [1.54, 1.807) is 18.2 Å². The van der Waals surface area contributed by atoms with Crippen LogP contribution in [0.25, 0.3) is 0 Å². The lowest BCUT2D eigenvalue weighted by atomic mass is 10.1. The van der Waals surface area contributed by atoms with Crippen LogP contribution in [0.15, 0.2) is 36.4 Å². The Kier molecular flexibility index (Phi) is 3.55. The van der Waals surface area contributed by atoms with E-state index in [-0.39, 0.29) is 0 Å². The standard InChI is InChI=1S/C15H12ClNO/c1-10-3-4-11(2)15(7-10)18-14-6-5-13(16)8-12(14)9-17/h3-8H,1-2H3. The van der Waals surface area contributed by atoms with Gasteiger partial charge in [0.2, 0.25) is 0 Å². The molecule has 2 aromatic carbocycles. The van der Waals surface area contributed by atoms with E-state index in [0.29, 0.717) is 16.3 Å². The number of aryl methyl sites for hydroxylation is 2. The van der Waals surface area contributed by atoms with Crippen LogP contribution in [0, 0.1) is 25.2 Å². The Hall–Kier alpha value is -1.98. The van der Waals surface area contributed by atoms with Crippen molar-refractivity contribution < 1.29 is 4.74 Å². The van der Waals surface area contributed by atoms with Crippen LogP contribution in [0.5, 0.6) is 11.5 Å². The molecule has 0 saturated heterocycles. The molecule has 2 aromatic rings. The summed E-state index contributed by atoms with van der Waals surface area (Å²) >= 11 is 5.85. The van der Waals surface area contributed by atoms with Crippen molar-refractivity contribution in [3.05, 3.63) is 58.1 Å². The topological polar surface area (TPSA) is 33.0 Å². The van der Waals surface area contributed by atoms with Crippen LogP contribution in [-0.4, -0.2) is 0 Å². The zero-order chi connectivity index (χ0) is 13.1. The second-order valence-corrected chi connectivity index (χ2v) is 4.56. The van der Waals surface area contributed by atoms with Gasteiger partial charge >= 0.3 is 0 Å². The highest BCUT2D eigenvalue weighted by Crippen LogP contribution is 2.29. The van der Waals surface area contributed by atoms with E-state index in [1.165, 1.54) is 0 Å². The molecule has 0 aromatic heterocycles. The molecule has 0 aliphatic carbocycles. The molecule has 0 aliphatic rings. The molecule has 0 saturated carbocycles. The molecular formula is C15H12ClNO. The number of hydrogen-bond acceptors (Lipinski definition) is 2. The maximum absolute atomic E-state index is 9.06. The predicted molar refractivity (Wildman–Crippen MR) is 72.2 cm³/mol. The number of nitriles is 1. The first-order chi connectivity index (χ1) is 8.60. The van der Waals surface area contributed by atoms with Gasteiger partial charge in [0.25, 0.3) is 0 Å². The first-order valence-electron chi connectivity index (χ1n) is 5.55. The van der Waals surface area contributed by atoms with Crippen LogP contribution in [0.4, 0.5) is 0 Å². The largest absolute Gasteiger partial charge is 0.456 e. The van der Waals surface area contributed by atoms with Crippen molar-refractivity contribution in [2.45, 2.75) is 13.8 Å². The van der Waals surface area contributed by atoms with Gasteiger partial charge in [0.15, 0.2) is 0 Å². The summed E-state index contributed by atoms with van der Waals surface area (Å²) in [6.07, 6.45) is 0. The fraction of sp³-hybridized carbons (Fsp3) is 0.133. The maximum atomic E-state index is 9.06. The molecule has 0 aliphatic heterocycles. The van der Waals surface area contributed by atoms with E-state index in [9.17, 15) is 0 Å². The average Bonchev–Trinajstić information content (AvgIpc) is 2.36. The van der Waals surface area contributed by atoms with E-state index < -0.39 is 0 Å². The maximum Gasteiger partial charge on any atom is 0.145 e. The number of nitrogens with zero attached hydrogens (tertiary/aromatic N) is 1. The smallest absolute Gasteiger partial charge is 0.145 e. The molecule has 0 N–H and O–H groups in total. The van der Waals surface area contributed by atoms with E-state index in [1.807, 2.05) is 32.0 Å². The van der Waals surface area contributed by atoms with Crippen LogP contribution in [0.1, 0.15) is 16.7 Å². The van der Waals surface area contributed by atoms with Crippen LogP contribution >= 0.6 is 11.6 Å². The summed E-state index contributed by atoms with van der Waals surface area (Å²) in [5, 5.41) is 9.58. The van der Waals surface area contributed by atoms with Crippen LogP contribution in [0.2, 0.25) is 5.02 Å². The monoisotopic (exact) mass is 257 g/mol. The minimum absolute atomic E-state index is 0.434. The highest BCUT2D eigenvalue weighted by atomic mass is 35.5. The molecule has 18 heavy (non-hydrogen) atoms. The number of benzene rings is 2. The quantitative estimate of drug-likeness (QED) is 0.786. The molecule has 0 atom stereocenters. The summed E-state index contributed by atoms with van der Waals surface area (Å²) in [7, 11) is 0. The van der Waals surface area contributed by atoms with E-state index >= 15 is 0 Å². The summed E-state index contributed by atoms with van der Waals surface area (Å²) in [5.74, 6) is 1.28. The molecule has 0 bridgehead atoms. The number of ether oxygens (including phenoxy) is 1. The number of rotatable bonds is 2. The zero-order valence-electron chi connectivity index (χ0n) is 10.2. The fourth-order valence-electron chi connectivity index (χ4n) is 1.61.